The first kappa shape index (κ1) is 13.8. The topological polar surface area (TPSA) is 12.0 Å². The van der Waals surface area contributed by atoms with Crippen molar-refractivity contribution in [2.24, 2.45) is 29.6 Å². The maximum Gasteiger partial charge on any atom is 0.0351 e. The van der Waals surface area contributed by atoms with Gasteiger partial charge in [-0.15, -0.1) is 0 Å². The summed E-state index contributed by atoms with van der Waals surface area (Å²) in [6.45, 7) is 2.24. The van der Waals surface area contributed by atoms with E-state index >= 15 is 0 Å². The van der Waals surface area contributed by atoms with E-state index in [0.717, 1.165) is 36.0 Å². The molecule has 0 spiro atoms. The molecule has 1 heteroatoms. The first-order valence-electron chi connectivity index (χ1n) is 9.04. The Morgan fingerprint density at radius 2 is 1.52 bits per heavy atom. The second kappa shape index (κ2) is 5.43. The lowest BCUT2D eigenvalue weighted by atomic mass is 9.50. The van der Waals surface area contributed by atoms with E-state index in [9.17, 15) is 0 Å². The zero-order valence-electron chi connectivity index (χ0n) is 13.5. The van der Waals surface area contributed by atoms with Crippen LogP contribution >= 0.6 is 0 Å². The second-order valence-electron chi connectivity index (χ2n) is 7.87. The summed E-state index contributed by atoms with van der Waals surface area (Å²) >= 11 is 0. The Morgan fingerprint density at radius 1 is 0.952 bits per heavy atom. The molecule has 0 heterocycles. The van der Waals surface area contributed by atoms with E-state index in [2.05, 4.69) is 43.6 Å². The molecule has 0 aliphatic heterocycles. The van der Waals surface area contributed by atoms with Gasteiger partial charge < -0.3 is 5.32 Å². The largest absolute Gasteiger partial charge is 0.313 e. The number of benzene rings is 1. The summed E-state index contributed by atoms with van der Waals surface area (Å²) in [7, 11) is 2.17. The molecule has 0 amide bonds. The van der Waals surface area contributed by atoms with E-state index in [4.69, 9.17) is 0 Å². The molecule has 21 heavy (non-hydrogen) atoms. The Labute approximate surface area is 129 Å². The SMILES string of the molecule is CCc1ccc(C(NC)C2C3CC4CC(C3)CC2C4)cc1. The van der Waals surface area contributed by atoms with Crippen LogP contribution in [0.1, 0.15) is 56.2 Å². The Bertz CT molecular complexity index is 461. The van der Waals surface area contributed by atoms with Gasteiger partial charge in [-0.1, -0.05) is 31.2 Å². The zero-order valence-corrected chi connectivity index (χ0v) is 13.5. The summed E-state index contributed by atoms with van der Waals surface area (Å²) in [5.74, 6) is 5.01. The van der Waals surface area contributed by atoms with Gasteiger partial charge >= 0.3 is 0 Å². The Hall–Kier alpha value is -0.820. The van der Waals surface area contributed by atoms with Gasteiger partial charge in [0.1, 0.15) is 0 Å². The fourth-order valence-corrected chi connectivity index (χ4v) is 6.05. The van der Waals surface area contributed by atoms with Crippen molar-refractivity contribution in [2.75, 3.05) is 7.05 Å². The fourth-order valence-electron chi connectivity index (χ4n) is 6.05. The maximum atomic E-state index is 3.68. The van der Waals surface area contributed by atoms with Gasteiger partial charge in [0.05, 0.1) is 0 Å². The number of rotatable bonds is 4. The van der Waals surface area contributed by atoms with E-state index in [1.54, 1.807) is 6.42 Å². The van der Waals surface area contributed by atoms with Crippen molar-refractivity contribution in [3.63, 3.8) is 0 Å². The monoisotopic (exact) mass is 283 g/mol. The van der Waals surface area contributed by atoms with Crippen LogP contribution in [0.5, 0.6) is 0 Å². The highest BCUT2D eigenvalue weighted by molar-refractivity contribution is 5.26. The molecule has 1 unspecified atom stereocenters. The molecule has 0 aromatic heterocycles. The minimum atomic E-state index is 0.575. The molecule has 5 rings (SSSR count). The summed E-state index contributed by atoms with van der Waals surface area (Å²) in [5.41, 5.74) is 2.98. The molecule has 114 valence electrons. The lowest BCUT2D eigenvalue weighted by Gasteiger charge is -2.56. The summed E-state index contributed by atoms with van der Waals surface area (Å²) in [6, 6.07) is 9.99. The van der Waals surface area contributed by atoms with Crippen LogP contribution in [0, 0.1) is 29.6 Å². The fraction of sp³-hybridized carbons (Fsp3) is 0.700. The van der Waals surface area contributed by atoms with Crippen LogP contribution in [-0.4, -0.2) is 7.05 Å². The molecule has 4 saturated carbocycles. The molecule has 1 aromatic rings. The third-order valence-electron chi connectivity index (χ3n) is 6.74. The molecule has 4 aliphatic carbocycles. The van der Waals surface area contributed by atoms with Crippen molar-refractivity contribution in [3.8, 4) is 0 Å². The third kappa shape index (κ3) is 2.34. The van der Waals surface area contributed by atoms with E-state index < -0.39 is 0 Å². The maximum absolute atomic E-state index is 3.68. The van der Waals surface area contributed by atoms with Crippen LogP contribution in [0.4, 0.5) is 0 Å². The van der Waals surface area contributed by atoms with Crippen LogP contribution in [0.25, 0.3) is 0 Å². The van der Waals surface area contributed by atoms with Gasteiger partial charge in [0.25, 0.3) is 0 Å². The first-order chi connectivity index (χ1) is 10.3. The molecular formula is C20H29N. The van der Waals surface area contributed by atoms with Gasteiger partial charge in [-0.05, 0) is 86.3 Å². The minimum absolute atomic E-state index is 0.575. The molecular weight excluding hydrogens is 254 g/mol. The highest BCUT2D eigenvalue weighted by atomic mass is 14.9. The van der Waals surface area contributed by atoms with Crippen molar-refractivity contribution in [1.82, 2.24) is 5.32 Å². The second-order valence-corrected chi connectivity index (χ2v) is 7.87. The van der Waals surface area contributed by atoms with Crippen LogP contribution in [-0.2, 0) is 6.42 Å². The summed E-state index contributed by atoms with van der Waals surface area (Å²) in [5, 5.41) is 3.68. The normalized spacial score (nSPS) is 38.7. The molecule has 4 aliphatic rings. The van der Waals surface area contributed by atoms with Crippen LogP contribution in [0.2, 0.25) is 0 Å². The number of hydrogen-bond donors (Lipinski definition) is 1. The van der Waals surface area contributed by atoms with Crippen molar-refractivity contribution in [1.29, 1.82) is 0 Å². The van der Waals surface area contributed by atoms with Crippen LogP contribution in [0.3, 0.4) is 0 Å². The molecule has 0 radical (unpaired) electrons. The summed E-state index contributed by atoms with van der Waals surface area (Å²) in [4.78, 5) is 0. The van der Waals surface area contributed by atoms with Gasteiger partial charge in [0.15, 0.2) is 0 Å². The number of aryl methyl sites for hydroxylation is 1. The first-order valence-corrected chi connectivity index (χ1v) is 9.04. The molecule has 1 nitrogen and oxygen atoms in total. The Balaban J connectivity index is 1.60. The highest BCUT2D eigenvalue weighted by Gasteiger charge is 2.50. The Kier molecular flexibility index (Phi) is 3.57. The number of hydrogen-bond acceptors (Lipinski definition) is 1. The van der Waals surface area contributed by atoms with Gasteiger partial charge in [-0.25, -0.2) is 0 Å². The van der Waals surface area contributed by atoms with E-state index in [0.29, 0.717) is 6.04 Å². The zero-order chi connectivity index (χ0) is 14.4. The van der Waals surface area contributed by atoms with E-state index in [1.165, 1.54) is 36.8 Å². The molecule has 4 bridgehead atoms. The molecule has 1 atom stereocenters. The van der Waals surface area contributed by atoms with E-state index in [1.807, 2.05) is 0 Å². The van der Waals surface area contributed by atoms with Gasteiger partial charge in [-0.3, -0.25) is 0 Å². The minimum Gasteiger partial charge on any atom is -0.313 e. The highest BCUT2D eigenvalue weighted by Crippen LogP contribution is 2.59. The van der Waals surface area contributed by atoms with Crippen LogP contribution in [0.15, 0.2) is 24.3 Å². The lowest BCUT2D eigenvalue weighted by Crippen LogP contribution is -2.49. The van der Waals surface area contributed by atoms with Crippen LogP contribution < -0.4 is 5.32 Å². The van der Waals surface area contributed by atoms with E-state index in [-0.39, 0.29) is 0 Å². The smallest absolute Gasteiger partial charge is 0.0351 e. The summed E-state index contributed by atoms with van der Waals surface area (Å²) in [6.07, 6.45) is 8.76. The quantitative estimate of drug-likeness (QED) is 0.852. The Morgan fingerprint density at radius 3 is 2.00 bits per heavy atom. The molecule has 1 aromatic carbocycles. The molecule has 0 saturated heterocycles. The average Bonchev–Trinajstić information content (AvgIpc) is 2.50. The molecule has 1 N–H and O–H groups in total. The summed E-state index contributed by atoms with van der Waals surface area (Å²) < 4.78 is 0. The van der Waals surface area contributed by atoms with Gasteiger partial charge in [0, 0.05) is 6.04 Å². The van der Waals surface area contributed by atoms with Crippen molar-refractivity contribution in [2.45, 2.75) is 51.5 Å². The van der Waals surface area contributed by atoms with Gasteiger partial charge in [0.2, 0.25) is 0 Å². The standard InChI is InChI=1S/C20H29N/c1-3-13-4-6-16(7-5-13)20(21-2)19-17-9-14-8-15(11-17)12-18(19)10-14/h4-7,14-15,17-21H,3,8-12H2,1-2H3. The van der Waals surface area contributed by atoms with Gasteiger partial charge in [-0.2, -0.15) is 0 Å². The average molecular weight is 283 g/mol. The predicted molar refractivity (Wildman–Crippen MR) is 88.2 cm³/mol. The van der Waals surface area contributed by atoms with Crippen molar-refractivity contribution >= 4 is 0 Å². The predicted octanol–water partition coefficient (Wildman–Crippen LogP) is 4.58. The third-order valence-corrected chi connectivity index (χ3v) is 6.74. The van der Waals surface area contributed by atoms with Crippen molar-refractivity contribution in [3.05, 3.63) is 35.4 Å². The lowest BCUT2D eigenvalue weighted by molar-refractivity contribution is -0.0515. The van der Waals surface area contributed by atoms with Crippen molar-refractivity contribution < 1.29 is 0 Å². The molecule has 4 fully saturated rings. The number of nitrogens with one attached hydrogen (secondary N) is 1.